The molecule has 1 amide bonds. The maximum Gasteiger partial charge on any atom is 0.259 e. The lowest BCUT2D eigenvalue weighted by Crippen LogP contribution is -2.49. The number of hydrogen-bond donors (Lipinski definition) is 1. The van der Waals surface area contributed by atoms with E-state index in [-0.39, 0.29) is 30.6 Å². The van der Waals surface area contributed by atoms with Gasteiger partial charge in [0.25, 0.3) is 5.91 Å². The van der Waals surface area contributed by atoms with Gasteiger partial charge in [0.2, 0.25) is 5.88 Å². The third-order valence-corrected chi connectivity index (χ3v) is 6.72. The van der Waals surface area contributed by atoms with Crippen LogP contribution < -0.4 is 4.74 Å². The predicted octanol–water partition coefficient (Wildman–Crippen LogP) is 4.00. The molecule has 0 radical (unpaired) electrons. The van der Waals surface area contributed by atoms with E-state index >= 15 is 0 Å². The van der Waals surface area contributed by atoms with Crippen molar-refractivity contribution in [2.75, 3.05) is 26.7 Å². The standard InChI is InChI=1S/C27H35N3O3/c1-19-15-30(20(2)18-31)27(32)24-13-23(22-11-7-8-12-22)14-28-26(24)33-25(19)17-29(3)16-21-9-5-4-6-10-21/h4-6,9-11,13-14,19-20,25,31H,7-8,12,15-18H2,1-3H3/t19-,20+,25-/m1/s1. The first-order valence-electron chi connectivity index (χ1n) is 12.0. The summed E-state index contributed by atoms with van der Waals surface area (Å²) < 4.78 is 6.43. The van der Waals surface area contributed by atoms with E-state index in [1.165, 1.54) is 11.1 Å². The van der Waals surface area contributed by atoms with Crippen molar-refractivity contribution in [3.63, 3.8) is 0 Å². The van der Waals surface area contributed by atoms with Crippen molar-refractivity contribution in [2.45, 2.75) is 51.8 Å². The topological polar surface area (TPSA) is 65.9 Å². The highest BCUT2D eigenvalue weighted by Crippen LogP contribution is 2.32. The van der Waals surface area contributed by atoms with Crippen molar-refractivity contribution < 1.29 is 14.6 Å². The molecule has 176 valence electrons. The number of likely N-dealkylation sites (N-methyl/N-ethyl adjacent to an activating group) is 1. The fourth-order valence-electron chi connectivity index (χ4n) is 4.70. The van der Waals surface area contributed by atoms with Gasteiger partial charge < -0.3 is 14.7 Å². The molecule has 3 atom stereocenters. The molecule has 2 aliphatic rings. The van der Waals surface area contributed by atoms with E-state index in [9.17, 15) is 9.90 Å². The molecule has 1 aromatic heterocycles. The average molecular weight is 450 g/mol. The highest BCUT2D eigenvalue weighted by molar-refractivity contribution is 5.97. The van der Waals surface area contributed by atoms with E-state index in [0.29, 0.717) is 24.5 Å². The van der Waals surface area contributed by atoms with E-state index in [2.05, 4.69) is 54.2 Å². The molecule has 33 heavy (non-hydrogen) atoms. The van der Waals surface area contributed by atoms with Crippen LogP contribution in [0.5, 0.6) is 5.88 Å². The monoisotopic (exact) mass is 449 g/mol. The summed E-state index contributed by atoms with van der Waals surface area (Å²) in [6, 6.07) is 12.0. The second-order valence-corrected chi connectivity index (χ2v) is 9.50. The van der Waals surface area contributed by atoms with Gasteiger partial charge in [-0.15, -0.1) is 0 Å². The van der Waals surface area contributed by atoms with Crippen LogP contribution in [-0.4, -0.2) is 64.7 Å². The number of allylic oxidation sites excluding steroid dienone is 2. The van der Waals surface area contributed by atoms with Gasteiger partial charge in [-0.3, -0.25) is 9.69 Å². The summed E-state index contributed by atoms with van der Waals surface area (Å²) in [7, 11) is 2.09. The molecule has 4 rings (SSSR count). The van der Waals surface area contributed by atoms with Crippen molar-refractivity contribution in [2.24, 2.45) is 5.92 Å². The van der Waals surface area contributed by atoms with Gasteiger partial charge in [0.05, 0.1) is 12.6 Å². The maximum atomic E-state index is 13.5. The Morgan fingerprint density at radius 1 is 1.30 bits per heavy atom. The molecular weight excluding hydrogens is 414 g/mol. The van der Waals surface area contributed by atoms with Gasteiger partial charge in [0.15, 0.2) is 0 Å². The number of fused-ring (bicyclic) bond motifs is 1. The molecule has 1 N–H and O–H groups in total. The minimum atomic E-state index is -0.275. The summed E-state index contributed by atoms with van der Waals surface area (Å²) in [5, 5.41) is 9.85. The third-order valence-electron chi connectivity index (χ3n) is 6.72. The van der Waals surface area contributed by atoms with Crippen LogP contribution in [0.25, 0.3) is 5.57 Å². The number of aliphatic hydroxyl groups is 1. The Morgan fingerprint density at radius 2 is 2.09 bits per heavy atom. The number of nitrogens with zero attached hydrogens (tertiary/aromatic N) is 3. The van der Waals surface area contributed by atoms with Crippen LogP contribution >= 0.6 is 0 Å². The SMILES string of the molecule is C[C@@H]1CN([C@@H](C)CO)C(=O)c2cc(C3=CCCC3)cnc2O[C@@H]1CN(C)Cc1ccccc1. The van der Waals surface area contributed by atoms with Crippen LogP contribution in [0.4, 0.5) is 0 Å². The fraction of sp³-hybridized carbons (Fsp3) is 0.481. The Hall–Kier alpha value is -2.70. The average Bonchev–Trinajstić information content (AvgIpc) is 3.36. The van der Waals surface area contributed by atoms with Gasteiger partial charge in [-0.25, -0.2) is 4.98 Å². The molecule has 0 saturated heterocycles. The number of ether oxygens (including phenoxy) is 1. The normalized spacial score (nSPS) is 21.8. The number of carbonyl (C=O) groups is 1. The molecule has 0 unspecified atom stereocenters. The molecule has 1 aromatic carbocycles. The molecule has 0 bridgehead atoms. The molecule has 0 fully saturated rings. The van der Waals surface area contributed by atoms with E-state index in [1.54, 1.807) is 4.90 Å². The van der Waals surface area contributed by atoms with E-state index in [1.807, 2.05) is 25.3 Å². The molecule has 6 nitrogen and oxygen atoms in total. The molecule has 0 saturated carbocycles. The summed E-state index contributed by atoms with van der Waals surface area (Å²) >= 11 is 0. The van der Waals surface area contributed by atoms with Gasteiger partial charge in [0.1, 0.15) is 11.7 Å². The molecule has 1 aliphatic heterocycles. The Kier molecular flexibility index (Phi) is 7.46. The first-order chi connectivity index (χ1) is 16.0. The summed E-state index contributed by atoms with van der Waals surface area (Å²) in [5.41, 5.74) is 3.97. The summed E-state index contributed by atoms with van der Waals surface area (Å²) in [4.78, 5) is 22.2. The minimum Gasteiger partial charge on any atom is -0.472 e. The molecule has 2 aromatic rings. The van der Waals surface area contributed by atoms with Gasteiger partial charge in [-0.2, -0.15) is 0 Å². The fourth-order valence-corrected chi connectivity index (χ4v) is 4.70. The number of aliphatic hydroxyl groups excluding tert-OH is 1. The lowest BCUT2D eigenvalue weighted by molar-refractivity contribution is 0.0325. The van der Waals surface area contributed by atoms with Crippen LogP contribution in [0.15, 0.2) is 48.7 Å². The zero-order chi connectivity index (χ0) is 23.4. The number of rotatable bonds is 7. The van der Waals surface area contributed by atoms with Crippen LogP contribution in [0.3, 0.4) is 0 Å². The lowest BCUT2D eigenvalue weighted by Gasteiger charge is -2.37. The smallest absolute Gasteiger partial charge is 0.259 e. The van der Waals surface area contributed by atoms with Crippen LogP contribution in [0.1, 0.15) is 54.6 Å². The number of pyridine rings is 1. The quantitative estimate of drug-likeness (QED) is 0.692. The Bertz CT molecular complexity index is 991. The molecule has 6 heteroatoms. The lowest BCUT2D eigenvalue weighted by atomic mass is 9.99. The van der Waals surface area contributed by atoms with Gasteiger partial charge in [-0.1, -0.05) is 43.3 Å². The van der Waals surface area contributed by atoms with Gasteiger partial charge in [0, 0.05) is 31.7 Å². The molecule has 2 heterocycles. The second kappa shape index (κ2) is 10.5. The highest BCUT2D eigenvalue weighted by Gasteiger charge is 2.34. The summed E-state index contributed by atoms with van der Waals surface area (Å²) in [6.07, 6.45) is 7.14. The minimum absolute atomic E-state index is 0.0772. The van der Waals surface area contributed by atoms with Crippen molar-refractivity contribution in [3.8, 4) is 5.88 Å². The number of benzene rings is 1. The first kappa shape index (κ1) is 23.5. The Labute approximate surface area is 196 Å². The Morgan fingerprint density at radius 3 is 2.79 bits per heavy atom. The molecular formula is C27H35N3O3. The zero-order valence-corrected chi connectivity index (χ0v) is 19.9. The van der Waals surface area contributed by atoms with Crippen LogP contribution in [-0.2, 0) is 6.54 Å². The third kappa shape index (κ3) is 5.45. The predicted molar refractivity (Wildman–Crippen MR) is 130 cm³/mol. The van der Waals surface area contributed by atoms with E-state index in [4.69, 9.17) is 4.74 Å². The molecule has 1 aliphatic carbocycles. The summed E-state index contributed by atoms with van der Waals surface area (Å²) in [5.74, 6) is 0.345. The van der Waals surface area contributed by atoms with Crippen LogP contribution in [0, 0.1) is 5.92 Å². The largest absolute Gasteiger partial charge is 0.472 e. The van der Waals surface area contributed by atoms with E-state index in [0.717, 1.165) is 31.4 Å². The van der Waals surface area contributed by atoms with Crippen molar-refractivity contribution >= 4 is 11.5 Å². The Balaban J connectivity index is 1.62. The summed E-state index contributed by atoms with van der Waals surface area (Å²) in [6.45, 7) is 5.96. The van der Waals surface area contributed by atoms with Gasteiger partial charge in [-0.05, 0) is 56.0 Å². The number of amides is 1. The van der Waals surface area contributed by atoms with Crippen molar-refractivity contribution in [3.05, 3.63) is 65.4 Å². The maximum absolute atomic E-state index is 13.5. The van der Waals surface area contributed by atoms with Crippen molar-refractivity contribution in [1.82, 2.24) is 14.8 Å². The van der Waals surface area contributed by atoms with E-state index < -0.39 is 0 Å². The number of aromatic nitrogens is 1. The molecule has 0 spiro atoms. The van der Waals surface area contributed by atoms with Gasteiger partial charge >= 0.3 is 0 Å². The van der Waals surface area contributed by atoms with Crippen molar-refractivity contribution in [1.29, 1.82) is 0 Å². The van der Waals surface area contributed by atoms with Crippen LogP contribution in [0.2, 0.25) is 0 Å². The number of hydrogen-bond acceptors (Lipinski definition) is 5. The zero-order valence-electron chi connectivity index (χ0n) is 19.9. The highest BCUT2D eigenvalue weighted by atomic mass is 16.5. The number of carbonyl (C=O) groups excluding carboxylic acids is 1. The second-order valence-electron chi connectivity index (χ2n) is 9.50. The first-order valence-corrected chi connectivity index (χ1v) is 12.0.